The number of carbonyl (C=O) groups is 3. The van der Waals surface area contributed by atoms with Gasteiger partial charge in [-0.05, 0) is 59.4 Å². The molecule has 8 heteroatoms. The summed E-state index contributed by atoms with van der Waals surface area (Å²) in [6, 6.07) is 17.5. The largest absolute Gasteiger partial charge is 0.507 e. The summed E-state index contributed by atoms with van der Waals surface area (Å²) in [6.07, 6.45) is 0. The quantitative estimate of drug-likeness (QED) is 0.203. The Balaban J connectivity index is 1.84. The Bertz CT molecular complexity index is 1450. The molecule has 1 unspecified atom stereocenters. The summed E-state index contributed by atoms with van der Waals surface area (Å²) in [6.45, 7) is 8.47. The van der Waals surface area contributed by atoms with Gasteiger partial charge in [-0.2, -0.15) is 0 Å². The van der Waals surface area contributed by atoms with Crippen molar-refractivity contribution in [1.29, 1.82) is 0 Å². The highest BCUT2D eigenvalue weighted by molar-refractivity contribution is 6.46. The number of hydrogen-bond acceptors (Lipinski definition) is 5. The molecule has 0 bridgehead atoms. The third-order valence-corrected chi connectivity index (χ3v) is 7.00. The van der Waals surface area contributed by atoms with Crippen molar-refractivity contribution in [3.63, 3.8) is 0 Å². The molecule has 1 amide bonds. The van der Waals surface area contributed by atoms with Crippen LogP contribution >= 0.6 is 11.6 Å². The number of rotatable bonds is 7. The highest BCUT2D eigenvalue weighted by Crippen LogP contribution is 2.41. The molecule has 0 spiro atoms. The van der Waals surface area contributed by atoms with Gasteiger partial charge in [0.15, 0.2) is 0 Å². The number of hydrogen-bond donors (Lipinski definition) is 2. The van der Waals surface area contributed by atoms with Crippen LogP contribution in [0.25, 0.3) is 5.76 Å². The standard InChI is InChI=1S/C31H30ClNO6/c1-5-39-24-16-21(12-15-23(24)32)27(34)25-26(19-10-13-22(14-11-19)31(2,3)4)33(29(36)28(25)35)17-18-6-8-20(9-7-18)30(37)38/h6-16,26,34H,5,17H2,1-4H3,(H,37,38)/b27-25-. The van der Waals surface area contributed by atoms with Crippen molar-refractivity contribution in [3.05, 3.63) is 105 Å². The summed E-state index contributed by atoms with van der Waals surface area (Å²) >= 11 is 6.22. The molecule has 0 aliphatic carbocycles. The minimum Gasteiger partial charge on any atom is -0.507 e. The van der Waals surface area contributed by atoms with E-state index >= 15 is 0 Å². The molecule has 0 radical (unpaired) electrons. The van der Waals surface area contributed by atoms with Crippen molar-refractivity contribution in [2.24, 2.45) is 0 Å². The molecule has 1 fully saturated rings. The monoisotopic (exact) mass is 547 g/mol. The average Bonchev–Trinajstić information content (AvgIpc) is 3.14. The van der Waals surface area contributed by atoms with E-state index in [0.29, 0.717) is 34.1 Å². The number of aliphatic hydroxyl groups is 1. The second-order valence-electron chi connectivity index (χ2n) is 10.4. The summed E-state index contributed by atoms with van der Waals surface area (Å²) < 4.78 is 5.55. The number of halogens is 1. The predicted octanol–water partition coefficient (Wildman–Crippen LogP) is 6.36. The topological polar surface area (TPSA) is 104 Å². The fourth-order valence-electron chi connectivity index (χ4n) is 4.58. The van der Waals surface area contributed by atoms with E-state index in [0.717, 1.165) is 5.56 Å². The lowest BCUT2D eigenvalue weighted by atomic mass is 9.85. The fourth-order valence-corrected chi connectivity index (χ4v) is 4.75. The Labute approximate surface area is 232 Å². The fraction of sp³-hybridized carbons (Fsp3) is 0.258. The maximum atomic E-state index is 13.4. The first-order valence-corrected chi connectivity index (χ1v) is 12.9. The number of Topliss-reactive ketones (excluding diaryl/α,β-unsaturated/α-hetero) is 1. The van der Waals surface area contributed by atoms with Crippen molar-refractivity contribution >= 4 is 35.0 Å². The Kier molecular flexibility index (Phi) is 7.84. The van der Waals surface area contributed by atoms with Gasteiger partial charge in [0.1, 0.15) is 11.5 Å². The van der Waals surface area contributed by atoms with Gasteiger partial charge < -0.3 is 19.8 Å². The Morgan fingerprint density at radius 1 is 0.949 bits per heavy atom. The van der Waals surface area contributed by atoms with E-state index in [1.54, 1.807) is 37.3 Å². The third kappa shape index (κ3) is 5.68. The molecule has 1 aliphatic heterocycles. The zero-order valence-electron chi connectivity index (χ0n) is 22.2. The predicted molar refractivity (Wildman–Crippen MR) is 149 cm³/mol. The van der Waals surface area contributed by atoms with Crippen molar-refractivity contribution in [1.82, 2.24) is 4.90 Å². The molecule has 3 aromatic rings. The molecule has 202 valence electrons. The molecule has 1 atom stereocenters. The Morgan fingerprint density at radius 3 is 2.13 bits per heavy atom. The van der Waals surface area contributed by atoms with Gasteiger partial charge in [-0.3, -0.25) is 9.59 Å². The number of aliphatic hydroxyl groups excluding tert-OH is 1. The van der Waals surface area contributed by atoms with Crippen LogP contribution in [0.1, 0.15) is 66.3 Å². The highest BCUT2D eigenvalue weighted by atomic mass is 35.5. The van der Waals surface area contributed by atoms with Crippen molar-refractivity contribution < 1.29 is 29.3 Å². The Morgan fingerprint density at radius 2 is 1.56 bits per heavy atom. The zero-order valence-corrected chi connectivity index (χ0v) is 23.0. The van der Waals surface area contributed by atoms with Gasteiger partial charge in [0.25, 0.3) is 11.7 Å². The summed E-state index contributed by atoms with van der Waals surface area (Å²) in [5.41, 5.74) is 2.63. The van der Waals surface area contributed by atoms with Gasteiger partial charge in [-0.25, -0.2) is 4.79 Å². The SMILES string of the molecule is CCOc1cc(/C(O)=C2/C(=O)C(=O)N(Cc3ccc(C(=O)O)cc3)C2c2ccc(C(C)(C)C)cc2)ccc1Cl. The van der Waals surface area contributed by atoms with E-state index in [1.807, 2.05) is 24.3 Å². The minimum atomic E-state index is -1.06. The molecule has 39 heavy (non-hydrogen) atoms. The molecule has 2 N–H and O–H groups in total. The van der Waals surface area contributed by atoms with Crippen LogP contribution in [0.15, 0.2) is 72.3 Å². The normalized spacial score (nSPS) is 16.9. The number of ketones is 1. The minimum absolute atomic E-state index is 0.0394. The molecule has 0 saturated carbocycles. The van der Waals surface area contributed by atoms with E-state index in [9.17, 15) is 24.6 Å². The van der Waals surface area contributed by atoms with Gasteiger partial charge in [0.2, 0.25) is 0 Å². The molecule has 4 rings (SSSR count). The number of carboxylic acid groups (broad SMARTS) is 1. The van der Waals surface area contributed by atoms with Crippen LogP contribution in [0.3, 0.4) is 0 Å². The number of carboxylic acids is 1. The van der Waals surface area contributed by atoms with Gasteiger partial charge in [0, 0.05) is 12.1 Å². The number of carbonyl (C=O) groups excluding carboxylic acids is 2. The summed E-state index contributed by atoms with van der Waals surface area (Å²) in [7, 11) is 0. The van der Waals surface area contributed by atoms with E-state index in [2.05, 4.69) is 20.8 Å². The summed E-state index contributed by atoms with van der Waals surface area (Å²) in [4.78, 5) is 39.4. The van der Waals surface area contributed by atoms with Gasteiger partial charge in [-0.1, -0.05) is 68.8 Å². The van der Waals surface area contributed by atoms with Crippen LogP contribution in [-0.4, -0.2) is 39.4 Å². The van der Waals surface area contributed by atoms with Crippen LogP contribution < -0.4 is 4.74 Å². The molecule has 1 saturated heterocycles. The van der Waals surface area contributed by atoms with Crippen LogP contribution in [0.2, 0.25) is 5.02 Å². The third-order valence-electron chi connectivity index (χ3n) is 6.69. The van der Waals surface area contributed by atoms with Crippen molar-refractivity contribution in [2.45, 2.75) is 45.7 Å². The van der Waals surface area contributed by atoms with Crippen molar-refractivity contribution in [3.8, 4) is 5.75 Å². The first-order chi connectivity index (χ1) is 18.4. The number of amides is 1. The van der Waals surface area contributed by atoms with Gasteiger partial charge in [0.05, 0.1) is 28.8 Å². The first kappa shape index (κ1) is 27.9. The molecular formula is C31H30ClNO6. The second kappa shape index (κ2) is 10.9. The lowest BCUT2D eigenvalue weighted by Crippen LogP contribution is -2.29. The smallest absolute Gasteiger partial charge is 0.335 e. The molecule has 1 heterocycles. The van der Waals surface area contributed by atoms with E-state index in [1.165, 1.54) is 17.0 Å². The lowest BCUT2D eigenvalue weighted by molar-refractivity contribution is -0.140. The molecule has 1 aliphatic rings. The molecule has 0 aromatic heterocycles. The maximum Gasteiger partial charge on any atom is 0.335 e. The zero-order chi connectivity index (χ0) is 28.5. The Hall–Kier alpha value is -4.10. The number of benzene rings is 3. The van der Waals surface area contributed by atoms with E-state index < -0.39 is 23.7 Å². The number of likely N-dealkylation sites (tertiary alicyclic amines) is 1. The second-order valence-corrected chi connectivity index (χ2v) is 10.8. The van der Waals surface area contributed by atoms with E-state index in [-0.39, 0.29) is 28.9 Å². The molecule has 3 aromatic carbocycles. The van der Waals surface area contributed by atoms with Gasteiger partial charge in [-0.15, -0.1) is 0 Å². The molecule has 7 nitrogen and oxygen atoms in total. The number of nitrogens with zero attached hydrogens (tertiary/aromatic N) is 1. The van der Waals surface area contributed by atoms with Crippen LogP contribution in [0.4, 0.5) is 0 Å². The number of ether oxygens (including phenoxy) is 1. The van der Waals surface area contributed by atoms with Crippen molar-refractivity contribution in [2.75, 3.05) is 6.61 Å². The number of aromatic carboxylic acids is 1. The highest BCUT2D eigenvalue weighted by Gasteiger charge is 2.46. The summed E-state index contributed by atoms with van der Waals surface area (Å²) in [5.74, 6) is -2.62. The van der Waals surface area contributed by atoms with Crippen LogP contribution in [0, 0.1) is 0 Å². The summed E-state index contributed by atoms with van der Waals surface area (Å²) in [5, 5.41) is 21.0. The molecular weight excluding hydrogens is 518 g/mol. The van der Waals surface area contributed by atoms with Crippen LogP contribution in [-0.2, 0) is 21.5 Å². The maximum absolute atomic E-state index is 13.4. The average molecular weight is 548 g/mol. The van der Waals surface area contributed by atoms with E-state index in [4.69, 9.17) is 16.3 Å². The lowest BCUT2D eigenvalue weighted by Gasteiger charge is -2.26. The van der Waals surface area contributed by atoms with Crippen LogP contribution in [0.5, 0.6) is 5.75 Å². The first-order valence-electron chi connectivity index (χ1n) is 12.6. The van der Waals surface area contributed by atoms with Gasteiger partial charge >= 0.3 is 5.97 Å².